The predicted molar refractivity (Wildman–Crippen MR) is 76.2 cm³/mol. The Morgan fingerprint density at radius 3 is 2.45 bits per heavy atom. The summed E-state index contributed by atoms with van der Waals surface area (Å²) in [6.45, 7) is 7.39. The van der Waals surface area contributed by atoms with Gasteiger partial charge in [0, 0.05) is 19.0 Å². The first-order chi connectivity index (χ1) is 9.22. The van der Waals surface area contributed by atoms with E-state index in [1.165, 1.54) is 5.06 Å². The van der Waals surface area contributed by atoms with Crippen molar-refractivity contribution >= 4 is 15.8 Å². The summed E-state index contributed by atoms with van der Waals surface area (Å²) < 4.78 is 24.1. The van der Waals surface area contributed by atoms with E-state index in [9.17, 15) is 18.3 Å². The minimum Gasteiger partial charge on any atom is -0.394 e. The van der Waals surface area contributed by atoms with Gasteiger partial charge in [-0.15, -0.1) is 0 Å². The van der Waals surface area contributed by atoms with Gasteiger partial charge in [-0.3, -0.25) is 9.63 Å². The standard InChI is InChI=1S/C12H25N2O5S/c1-5-7-14(11(9-15)12(16)10(2)3)19-8-6-13-20(4,17)18/h10-11,13,15H,1,5-9H2,2-4H3. The van der Waals surface area contributed by atoms with Crippen LogP contribution in [0.5, 0.6) is 0 Å². The van der Waals surface area contributed by atoms with Gasteiger partial charge in [0.15, 0.2) is 5.78 Å². The first kappa shape index (κ1) is 19.5. The second-order valence-electron chi connectivity index (χ2n) is 4.75. The first-order valence-electron chi connectivity index (χ1n) is 6.51. The number of rotatable bonds is 11. The number of hydrogen-bond donors (Lipinski definition) is 2. The van der Waals surface area contributed by atoms with E-state index in [0.29, 0.717) is 13.0 Å². The molecule has 0 aromatic carbocycles. The third-order valence-electron chi connectivity index (χ3n) is 2.52. The molecular formula is C12H25N2O5S. The topological polar surface area (TPSA) is 95.9 Å². The Morgan fingerprint density at radius 2 is 2.05 bits per heavy atom. The third kappa shape index (κ3) is 7.91. The first-order valence-corrected chi connectivity index (χ1v) is 8.40. The lowest BCUT2D eigenvalue weighted by molar-refractivity contribution is -0.195. The molecule has 0 saturated carbocycles. The summed E-state index contributed by atoms with van der Waals surface area (Å²) in [7, 11) is -3.27. The van der Waals surface area contributed by atoms with Gasteiger partial charge in [-0.2, -0.15) is 5.06 Å². The molecule has 0 rings (SSSR count). The molecular weight excluding hydrogens is 284 g/mol. The third-order valence-corrected chi connectivity index (χ3v) is 3.25. The molecule has 0 saturated heterocycles. The van der Waals surface area contributed by atoms with Crippen LogP contribution in [0.3, 0.4) is 0 Å². The molecule has 0 heterocycles. The summed E-state index contributed by atoms with van der Waals surface area (Å²) in [4.78, 5) is 17.4. The average Bonchev–Trinajstić information content (AvgIpc) is 2.33. The lowest BCUT2D eigenvalue weighted by atomic mass is 10.0. The van der Waals surface area contributed by atoms with E-state index in [0.717, 1.165) is 6.26 Å². The van der Waals surface area contributed by atoms with E-state index in [1.54, 1.807) is 13.8 Å². The summed E-state index contributed by atoms with van der Waals surface area (Å²) in [6, 6.07) is -0.755. The molecule has 2 N–H and O–H groups in total. The van der Waals surface area contributed by atoms with Crippen LogP contribution in [0.4, 0.5) is 0 Å². The maximum atomic E-state index is 12.0. The van der Waals surface area contributed by atoms with Gasteiger partial charge in [0.1, 0.15) is 6.04 Å². The molecule has 1 unspecified atom stereocenters. The molecule has 119 valence electrons. The van der Waals surface area contributed by atoms with Gasteiger partial charge in [-0.25, -0.2) is 13.1 Å². The van der Waals surface area contributed by atoms with E-state index in [2.05, 4.69) is 11.6 Å². The number of carbonyl (C=O) groups is 1. The molecule has 0 aliphatic rings. The number of hydrogen-bond acceptors (Lipinski definition) is 6. The lowest BCUT2D eigenvalue weighted by Gasteiger charge is -2.29. The molecule has 0 aromatic rings. The monoisotopic (exact) mass is 309 g/mol. The number of hydroxylamine groups is 2. The highest BCUT2D eigenvalue weighted by atomic mass is 32.2. The molecule has 7 nitrogen and oxygen atoms in total. The van der Waals surface area contributed by atoms with Gasteiger partial charge in [0.25, 0.3) is 0 Å². The van der Waals surface area contributed by atoms with Crippen molar-refractivity contribution in [2.45, 2.75) is 26.3 Å². The predicted octanol–water partition coefficient (Wildman–Crippen LogP) is -0.421. The minimum atomic E-state index is -3.27. The fourth-order valence-electron chi connectivity index (χ4n) is 1.56. The van der Waals surface area contributed by atoms with Crippen LogP contribution in [0, 0.1) is 12.8 Å². The quantitative estimate of drug-likeness (QED) is 0.397. The number of ketones is 1. The lowest BCUT2D eigenvalue weighted by Crippen LogP contribution is -2.46. The molecule has 0 aromatic heterocycles. The maximum Gasteiger partial charge on any atom is 0.208 e. The van der Waals surface area contributed by atoms with Crippen LogP contribution in [-0.4, -0.2) is 63.0 Å². The molecule has 0 amide bonds. The van der Waals surface area contributed by atoms with Crippen LogP contribution in [0.2, 0.25) is 0 Å². The highest BCUT2D eigenvalue weighted by Gasteiger charge is 2.27. The smallest absolute Gasteiger partial charge is 0.208 e. The summed E-state index contributed by atoms with van der Waals surface area (Å²) in [5.74, 6) is -0.353. The van der Waals surface area contributed by atoms with Crippen LogP contribution in [0.15, 0.2) is 0 Å². The molecule has 1 atom stereocenters. The molecule has 0 bridgehead atoms. The summed E-state index contributed by atoms with van der Waals surface area (Å²) in [5.41, 5.74) is 0. The highest BCUT2D eigenvalue weighted by Crippen LogP contribution is 2.09. The Morgan fingerprint density at radius 1 is 1.45 bits per heavy atom. The number of aliphatic hydroxyl groups is 1. The van der Waals surface area contributed by atoms with Crippen LogP contribution in [-0.2, 0) is 19.7 Å². The molecule has 0 aliphatic heterocycles. The van der Waals surface area contributed by atoms with Gasteiger partial charge in [0.05, 0.1) is 19.5 Å². The van der Waals surface area contributed by atoms with Crippen molar-refractivity contribution in [3.63, 3.8) is 0 Å². The van der Waals surface area contributed by atoms with Crippen molar-refractivity contribution in [3.8, 4) is 0 Å². The summed E-state index contributed by atoms with van der Waals surface area (Å²) in [5, 5.41) is 10.7. The Kier molecular flexibility index (Phi) is 9.15. The van der Waals surface area contributed by atoms with Crippen LogP contribution in [0.1, 0.15) is 20.3 Å². The summed E-state index contributed by atoms with van der Waals surface area (Å²) >= 11 is 0. The minimum absolute atomic E-state index is 0.0783. The van der Waals surface area contributed by atoms with E-state index in [4.69, 9.17) is 4.84 Å². The Balaban J connectivity index is 4.49. The second-order valence-corrected chi connectivity index (χ2v) is 6.58. The second kappa shape index (κ2) is 9.41. The van der Waals surface area contributed by atoms with Gasteiger partial charge in [-0.1, -0.05) is 20.8 Å². The number of carbonyl (C=O) groups excluding carboxylic acids is 1. The highest BCUT2D eigenvalue weighted by molar-refractivity contribution is 7.88. The van der Waals surface area contributed by atoms with Gasteiger partial charge in [0.2, 0.25) is 10.0 Å². The molecule has 20 heavy (non-hydrogen) atoms. The number of nitrogens with one attached hydrogen (secondary N) is 1. The normalized spacial score (nSPS) is 13.9. The largest absolute Gasteiger partial charge is 0.394 e. The van der Waals surface area contributed by atoms with Gasteiger partial charge >= 0.3 is 0 Å². The zero-order valence-electron chi connectivity index (χ0n) is 12.3. The van der Waals surface area contributed by atoms with E-state index >= 15 is 0 Å². The molecule has 8 heteroatoms. The number of aliphatic hydroxyl groups excluding tert-OH is 1. The van der Waals surface area contributed by atoms with Crippen LogP contribution in [0.25, 0.3) is 0 Å². The van der Waals surface area contributed by atoms with Gasteiger partial charge in [-0.05, 0) is 6.42 Å². The maximum absolute atomic E-state index is 12.0. The molecule has 0 fully saturated rings. The average molecular weight is 309 g/mol. The van der Waals surface area contributed by atoms with Crippen LogP contribution < -0.4 is 4.72 Å². The van der Waals surface area contributed by atoms with Crippen molar-refractivity contribution in [1.29, 1.82) is 0 Å². The Hall–Kier alpha value is -0.540. The summed E-state index contributed by atoms with van der Waals surface area (Å²) in [6.07, 6.45) is 1.56. The van der Waals surface area contributed by atoms with Gasteiger partial charge < -0.3 is 5.11 Å². The Labute approximate surface area is 121 Å². The van der Waals surface area contributed by atoms with Crippen molar-refractivity contribution in [1.82, 2.24) is 9.79 Å². The van der Waals surface area contributed by atoms with Crippen molar-refractivity contribution < 1.29 is 23.2 Å². The van der Waals surface area contributed by atoms with Crippen molar-refractivity contribution in [3.05, 3.63) is 6.92 Å². The number of nitrogens with zero attached hydrogens (tertiary/aromatic N) is 1. The zero-order valence-corrected chi connectivity index (χ0v) is 13.1. The SMILES string of the molecule is [CH2]CCN(OCCNS(C)(=O)=O)C(CO)C(=O)C(C)C. The van der Waals surface area contributed by atoms with E-state index in [1.807, 2.05) is 0 Å². The molecule has 0 aliphatic carbocycles. The fourth-order valence-corrected chi connectivity index (χ4v) is 2.02. The fraction of sp³-hybridized carbons (Fsp3) is 0.833. The van der Waals surface area contributed by atoms with Crippen LogP contribution >= 0.6 is 0 Å². The van der Waals surface area contributed by atoms with Crippen molar-refractivity contribution in [2.75, 3.05) is 32.6 Å². The number of sulfonamides is 1. The Bertz CT molecular complexity index is 383. The number of Topliss-reactive ketones (excluding diaryl/α,β-unsaturated/α-hetero) is 1. The van der Waals surface area contributed by atoms with E-state index < -0.39 is 16.1 Å². The molecule has 0 spiro atoms. The molecule has 1 radical (unpaired) electrons. The van der Waals surface area contributed by atoms with E-state index in [-0.39, 0.29) is 31.5 Å². The van der Waals surface area contributed by atoms with Crippen molar-refractivity contribution in [2.24, 2.45) is 5.92 Å². The zero-order chi connectivity index (χ0) is 15.8.